The van der Waals surface area contributed by atoms with Crippen molar-refractivity contribution in [2.24, 2.45) is 0 Å². The van der Waals surface area contributed by atoms with E-state index in [0.29, 0.717) is 19.3 Å². The van der Waals surface area contributed by atoms with E-state index in [0.717, 1.165) is 77.0 Å². The molecule has 0 aromatic rings. The molecule has 0 heterocycles. The summed E-state index contributed by atoms with van der Waals surface area (Å²) in [5.41, 5.74) is 0. The fraction of sp³-hybridized carbons (Fsp3) is 0.833. The lowest BCUT2D eigenvalue weighted by Crippen LogP contribution is -2.47. The maximum absolute atomic E-state index is 12.8. The third kappa shape index (κ3) is 39.9. The van der Waals surface area contributed by atoms with E-state index in [2.05, 4.69) is 48.8 Å². The number of carbonyl (C=O) groups is 4. The fourth-order valence-corrected chi connectivity index (χ4v) is 7.00. The summed E-state index contributed by atoms with van der Waals surface area (Å²) in [4.78, 5) is 47.7. The van der Waals surface area contributed by atoms with Crippen LogP contribution >= 0.6 is 0 Å². The number of hydrogen-bond acceptors (Lipinski definition) is 6. The number of carboxylic acid groups (broad SMARTS) is 1. The predicted octanol–water partition coefficient (Wildman–Crippen LogP) is 12.0. The van der Waals surface area contributed by atoms with Gasteiger partial charge in [0, 0.05) is 12.8 Å². The van der Waals surface area contributed by atoms with Crippen molar-refractivity contribution in [2.75, 3.05) is 13.2 Å². The fourth-order valence-electron chi connectivity index (χ4n) is 7.00. The Kier molecular flexibility index (Phi) is 40.9. The summed E-state index contributed by atoms with van der Waals surface area (Å²) in [6, 6.07) is -1.38. The zero-order valence-electron chi connectivity index (χ0n) is 36.9. The van der Waals surface area contributed by atoms with Crippen LogP contribution in [0.4, 0.5) is 0 Å². The van der Waals surface area contributed by atoms with Gasteiger partial charge in [-0.25, -0.2) is 4.79 Å². The number of allylic oxidation sites excluding steroid dienone is 4. The van der Waals surface area contributed by atoms with Crippen LogP contribution in [0.2, 0.25) is 0 Å². The normalized spacial score (nSPS) is 12.6. The number of unbranched alkanes of at least 4 members (excludes halogenated alkanes) is 25. The van der Waals surface area contributed by atoms with Crippen LogP contribution in [0, 0.1) is 0 Å². The number of ether oxygens (including phenoxy) is 1. The van der Waals surface area contributed by atoms with Crippen LogP contribution < -0.4 is 10.6 Å². The minimum atomic E-state index is -1.38. The van der Waals surface area contributed by atoms with Crippen molar-refractivity contribution in [3.05, 3.63) is 24.3 Å². The summed E-state index contributed by atoms with van der Waals surface area (Å²) in [7, 11) is 0. The van der Waals surface area contributed by atoms with E-state index in [1.807, 2.05) is 0 Å². The number of hydrogen-bond donors (Lipinski definition) is 4. The van der Waals surface area contributed by atoms with Gasteiger partial charge in [-0.15, -0.1) is 0 Å². The Morgan fingerprint density at radius 1 is 0.509 bits per heavy atom. The summed E-state index contributed by atoms with van der Waals surface area (Å²) >= 11 is 0. The second-order valence-electron chi connectivity index (χ2n) is 16.2. The molecule has 0 aliphatic rings. The summed E-state index contributed by atoms with van der Waals surface area (Å²) in [5.74, 6) is -2.31. The molecule has 0 aliphatic carbocycles. The standard InChI is InChI=1S/C48H88N2O7/c1-3-5-7-9-11-13-15-17-18-19-21-23-25-27-32-36-40-47(54)57-43(37-33-29-26-24-22-20-16-14-12-10-8-6-4-2)38-34-30-28-31-35-39-45(52)49-41-46(53)50-44(42-51)48(55)56/h18-19,24,26,43-44,51H,3-17,20-23,25,27-42H2,1-2H3,(H,49,52)(H,50,53)(H,55,56)/b19-18-,26-24-. The van der Waals surface area contributed by atoms with Crippen LogP contribution in [0.5, 0.6) is 0 Å². The first kappa shape index (κ1) is 54.3. The summed E-state index contributed by atoms with van der Waals surface area (Å²) < 4.78 is 6.03. The average Bonchev–Trinajstić information content (AvgIpc) is 3.20. The zero-order valence-corrected chi connectivity index (χ0v) is 36.9. The van der Waals surface area contributed by atoms with Gasteiger partial charge < -0.3 is 25.6 Å². The molecule has 9 heteroatoms. The Labute approximate surface area is 349 Å². The molecule has 0 bridgehead atoms. The first-order chi connectivity index (χ1) is 27.8. The van der Waals surface area contributed by atoms with Crippen LogP contribution in [0.3, 0.4) is 0 Å². The Hall–Kier alpha value is -2.68. The van der Waals surface area contributed by atoms with Gasteiger partial charge in [0.05, 0.1) is 13.2 Å². The highest BCUT2D eigenvalue weighted by molar-refractivity contribution is 5.87. The maximum atomic E-state index is 12.8. The topological polar surface area (TPSA) is 142 Å². The molecule has 0 rings (SSSR count). The molecule has 0 radical (unpaired) electrons. The quantitative estimate of drug-likeness (QED) is 0.0273. The molecule has 0 aliphatic heterocycles. The highest BCUT2D eigenvalue weighted by Crippen LogP contribution is 2.18. The summed E-state index contributed by atoms with van der Waals surface area (Å²) in [5, 5.41) is 22.6. The number of nitrogens with one attached hydrogen (secondary N) is 2. The number of esters is 1. The van der Waals surface area contributed by atoms with E-state index in [1.165, 1.54) is 122 Å². The molecule has 4 N–H and O–H groups in total. The van der Waals surface area contributed by atoms with E-state index < -0.39 is 24.5 Å². The molecule has 2 amide bonds. The van der Waals surface area contributed by atoms with Crippen LogP contribution in [0.1, 0.15) is 232 Å². The molecule has 0 saturated heterocycles. The number of carboxylic acids is 1. The number of aliphatic hydroxyl groups is 1. The lowest BCUT2D eigenvalue weighted by Gasteiger charge is -2.18. The Balaban J connectivity index is 4.34. The summed E-state index contributed by atoms with van der Waals surface area (Å²) in [6.07, 6.45) is 47.8. The van der Waals surface area contributed by atoms with Crippen molar-refractivity contribution < 1.29 is 34.1 Å². The van der Waals surface area contributed by atoms with Crippen LogP contribution in [0.25, 0.3) is 0 Å². The van der Waals surface area contributed by atoms with E-state index >= 15 is 0 Å². The molecule has 0 spiro atoms. The van der Waals surface area contributed by atoms with Crippen molar-refractivity contribution in [3.8, 4) is 0 Å². The van der Waals surface area contributed by atoms with Gasteiger partial charge in [0.1, 0.15) is 12.1 Å². The van der Waals surface area contributed by atoms with Gasteiger partial charge in [0.2, 0.25) is 11.8 Å². The molecule has 0 aromatic carbocycles. The molecule has 332 valence electrons. The van der Waals surface area contributed by atoms with E-state index in [9.17, 15) is 19.2 Å². The highest BCUT2D eigenvalue weighted by atomic mass is 16.5. The largest absolute Gasteiger partial charge is 0.480 e. The number of amides is 2. The van der Waals surface area contributed by atoms with Gasteiger partial charge in [-0.3, -0.25) is 14.4 Å². The zero-order chi connectivity index (χ0) is 41.9. The number of rotatable bonds is 43. The third-order valence-corrected chi connectivity index (χ3v) is 10.7. The molecule has 0 fully saturated rings. The molecule has 0 saturated carbocycles. The molecule has 2 unspecified atom stereocenters. The predicted molar refractivity (Wildman–Crippen MR) is 236 cm³/mol. The van der Waals surface area contributed by atoms with Gasteiger partial charge >= 0.3 is 11.9 Å². The molecular formula is C48H88N2O7. The van der Waals surface area contributed by atoms with Crippen LogP contribution in [-0.4, -0.2) is 59.3 Å². The van der Waals surface area contributed by atoms with Crippen LogP contribution in [-0.2, 0) is 23.9 Å². The third-order valence-electron chi connectivity index (χ3n) is 10.7. The van der Waals surface area contributed by atoms with Crippen molar-refractivity contribution in [3.63, 3.8) is 0 Å². The minimum Gasteiger partial charge on any atom is -0.480 e. The minimum absolute atomic E-state index is 0.0464. The SMILES string of the molecule is CCCCCCCCC/C=C\CCCCCCCC(=O)OC(CCC/C=C\CCCCCCCCCC)CCCCCCCC(=O)NCC(=O)NC(CO)C(=O)O. The first-order valence-electron chi connectivity index (χ1n) is 23.7. The highest BCUT2D eigenvalue weighted by Gasteiger charge is 2.19. The Bertz CT molecular complexity index is 1010. The number of carbonyl (C=O) groups excluding carboxylic acids is 3. The molecule has 9 nitrogen and oxygen atoms in total. The first-order valence-corrected chi connectivity index (χ1v) is 23.7. The van der Waals surface area contributed by atoms with E-state index in [4.69, 9.17) is 14.9 Å². The summed E-state index contributed by atoms with van der Waals surface area (Å²) in [6.45, 7) is 3.49. The molecule has 2 atom stereocenters. The van der Waals surface area contributed by atoms with Crippen molar-refractivity contribution >= 4 is 23.8 Å². The second kappa shape index (κ2) is 42.9. The van der Waals surface area contributed by atoms with E-state index in [-0.39, 0.29) is 24.5 Å². The van der Waals surface area contributed by atoms with Crippen molar-refractivity contribution in [2.45, 2.75) is 244 Å². The number of aliphatic carboxylic acids is 1. The Morgan fingerprint density at radius 3 is 1.39 bits per heavy atom. The molecule has 57 heavy (non-hydrogen) atoms. The van der Waals surface area contributed by atoms with Crippen molar-refractivity contribution in [1.29, 1.82) is 0 Å². The number of aliphatic hydroxyl groups excluding tert-OH is 1. The lowest BCUT2D eigenvalue weighted by molar-refractivity contribution is -0.150. The van der Waals surface area contributed by atoms with Gasteiger partial charge in [-0.05, 0) is 83.5 Å². The van der Waals surface area contributed by atoms with Gasteiger partial charge in [0.15, 0.2) is 0 Å². The van der Waals surface area contributed by atoms with Crippen molar-refractivity contribution in [1.82, 2.24) is 10.6 Å². The molecular weight excluding hydrogens is 717 g/mol. The average molecular weight is 805 g/mol. The second-order valence-corrected chi connectivity index (χ2v) is 16.2. The monoisotopic (exact) mass is 805 g/mol. The Morgan fingerprint density at radius 2 is 0.912 bits per heavy atom. The maximum Gasteiger partial charge on any atom is 0.328 e. The van der Waals surface area contributed by atoms with Gasteiger partial charge in [0.25, 0.3) is 0 Å². The smallest absolute Gasteiger partial charge is 0.328 e. The lowest BCUT2D eigenvalue weighted by atomic mass is 10.0. The van der Waals surface area contributed by atoms with E-state index in [1.54, 1.807) is 0 Å². The van der Waals surface area contributed by atoms with Gasteiger partial charge in [-0.1, -0.05) is 160 Å². The van der Waals surface area contributed by atoms with Gasteiger partial charge in [-0.2, -0.15) is 0 Å². The van der Waals surface area contributed by atoms with Crippen LogP contribution in [0.15, 0.2) is 24.3 Å². The molecule has 0 aromatic heterocycles.